The molecule has 0 aromatic rings. The molecular formula is C15H25+. The minimum Gasteiger partial charge on any atom is -0.0849 e. The van der Waals surface area contributed by atoms with Gasteiger partial charge in [-0.15, -0.1) is 0 Å². The van der Waals surface area contributed by atoms with Gasteiger partial charge in [0.15, 0.2) is 0 Å². The highest BCUT2D eigenvalue weighted by Gasteiger charge is 2.57. The first-order chi connectivity index (χ1) is 6.98. The fourth-order valence-corrected chi connectivity index (χ4v) is 3.59. The van der Waals surface area contributed by atoms with Crippen molar-refractivity contribution >= 4 is 0 Å². The second kappa shape index (κ2) is 3.57. The third-order valence-electron chi connectivity index (χ3n) is 5.47. The molecule has 2 aliphatic carbocycles. The zero-order valence-corrected chi connectivity index (χ0v) is 10.8. The van der Waals surface area contributed by atoms with E-state index in [0.29, 0.717) is 10.8 Å². The van der Waals surface area contributed by atoms with Crippen molar-refractivity contribution < 1.29 is 0 Å². The molecule has 0 heterocycles. The topological polar surface area (TPSA) is 0 Å². The molecule has 0 aliphatic heterocycles. The van der Waals surface area contributed by atoms with Gasteiger partial charge in [0.1, 0.15) is 5.41 Å². The summed E-state index contributed by atoms with van der Waals surface area (Å²) in [4.78, 5) is 0. The van der Waals surface area contributed by atoms with Gasteiger partial charge in [-0.1, -0.05) is 18.6 Å². The van der Waals surface area contributed by atoms with Gasteiger partial charge in [-0.25, -0.2) is 0 Å². The van der Waals surface area contributed by atoms with E-state index in [-0.39, 0.29) is 0 Å². The van der Waals surface area contributed by atoms with Crippen LogP contribution in [-0.4, -0.2) is 0 Å². The molecule has 2 atom stereocenters. The van der Waals surface area contributed by atoms with Crippen molar-refractivity contribution in [1.29, 1.82) is 0 Å². The normalized spacial score (nSPS) is 41.9. The number of hydrogen-bond acceptors (Lipinski definition) is 0. The SMILES string of the molecule is CC1=CC[C@@](C)([C@@]2(C)CCC[C+]2C)CC1. The van der Waals surface area contributed by atoms with Gasteiger partial charge in [0.25, 0.3) is 0 Å². The fourth-order valence-electron chi connectivity index (χ4n) is 3.59. The van der Waals surface area contributed by atoms with Crippen LogP contribution in [0.15, 0.2) is 11.6 Å². The van der Waals surface area contributed by atoms with Gasteiger partial charge < -0.3 is 0 Å². The third kappa shape index (κ3) is 1.62. The Balaban J connectivity index is 2.22. The molecule has 2 rings (SSSR count). The maximum Gasteiger partial charge on any atom is 0.113 e. The highest BCUT2D eigenvalue weighted by atomic mass is 14.5. The molecule has 0 unspecified atom stereocenters. The molecule has 0 N–H and O–H groups in total. The lowest BCUT2D eigenvalue weighted by Gasteiger charge is -2.43. The Hall–Kier alpha value is -0.390. The van der Waals surface area contributed by atoms with Crippen LogP contribution in [0.3, 0.4) is 0 Å². The first-order valence-corrected chi connectivity index (χ1v) is 6.46. The monoisotopic (exact) mass is 205 g/mol. The summed E-state index contributed by atoms with van der Waals surface area (Å²) < 4.78 is 0. The Kier molecular flexibility index (Phi) is 2.65. The summed E-state index contributed by atoms with van der Waals surface area (Å²) in [5.41, 5.74) is 2.66. The second-order valence-corrected chi connectivity index (χ2v) is 6.28. The minimum absolute atomic E-state index is 0.518. The van der Waals surface area contributed by atoms with Crippen LogP contribution >= 0.6 is 0 Å². The summed E-state index contributed by atoms with van der Waals surface area (Å²) in [7, 11) is 0. The van der Waals surface area contributed by atoms with Gasteiger partial charge in [0, 0.05) is 5.41 Å². The predicted molar refractivity (Wildman–Crippen MR) is 66.6 cm³/mol. The molecule has 1 saturated carbocycles. The third-order valence-corrected chi connectivity index (χ3v) is 5.47. The van der Waals surface area contributed by atoms with E-state index in [2.05, 4.69) is 33.8 Å². The summed E-state index contributed by atoms with van der Waals surface area (Å²) in [6, 6.07) is 0. The molecular weight excluding hydrogens is 180 g/mol. The Labute approximate surface area is 95.1 Å². The van der Waals surface area contributed by atoms with E-state index in [1.807, 2.05) is 0 Å². The summed E-state index contributed by atoms with van der Waals surface area (Å²) in [6.07, 6.45) is 10.7. The average molecular weight is 205 g/mol. The van der Waals surface area contributed by atoms with Crippen LogP contribution in [0.2, 0.25) is 0 Å². The smallest absolute Gasteiger partial charge is 0.0849 e. The zero-order chi connectivity index (χ0) is 11.1. The largest absolute Gasteiger partial charge is 0.113 e. The summed E-state index contributed by atoms with van der Waals surface area (Å²) in [5, 5.41) is 0. The lowest BCUT2D eigenvalue weighted by atomic mass is 9.56. The second-order valence-electron chi connectivity index (χ2n) is 6.28. The van der Waals surface area contributed by atoms with E-state index in [0.717, 1.165) is 0 Å². The molecule has 0 saturated heterocycles. The minimum atomic E-state index is 0.518. The van der Waals surface area contributed by atoms with Crippen LogP contribution in [0.1, 0.15) is 66.2 Å². The van der Waals surface area contributed by atoms with Gasteiger partial charge >= 0.3 is 0 Å². The van der Waals surface area contributed by atoms with Crippen molar-refractivity contribution in [3.05, 3.63) is 17.6 Å². The highest BCUT2D eigenvalue weighted by molar-refractivity contribution is 5.18. The van der Waals surface area contributed by atoms with Crippen LogP contribution < -0.4 is 0 Å². The van der Waals surface area contributed by atoms with Gasteiger partial charge in [-0.05, 0) is 46.0 Å². The van der Waals surface area contributed by atoms with E-state index < -0.39 is 0 Å². The van der Waals surface area contributed by atoms with Crippen LogP contribution in [0.25, 0.3) is 0 Å². The average Bonchev–Trinajstić information content (AvgIpc) is 2.54. The quantitative estimate of drug-likeness (QED) is 0.421. The standard InChI is InChI=1S/C15H25/c1-12-7-10-14(3,11-8-12)15(4)9-5-6-13(15)2/h7H,5-6,8-11H2,1-4H3/q+1/t14-,15+/m1/s1. The van der Waals surface area contributed by atoms with Gasteiger partial charge in [-0.2, -0.15) is 0 Å². The van der Waals surface area contributed by atoms with Crippen molar-refractivity contribution in [3.63, 3.8) is 0 Å². The molecule has 0 aromatic carbocycles. The molecule has 2 aliphatic rings. The van der Waals surface area contributed by atoms with Gasteiger partial charge in [-0.3, -0.25) is 0 Å². The lowest BCUT2D eigenvalue weighted by Crippen LogP contribution is -2.39. The molecule has 15 heavy (non-hydrogen) atoms. The Morgan fingerprint density at radius 3 is 2.47 bits per heavy atom. The number of allylic oxidation sites excluding steroid dienone is 2. The lowest BCUT2D eigenvalue weighted by molar-refractivity contribution is 0.0797. The van der Waals surface area contributed by atoms with Crippen molar-refractivity contribution in [2.75, 3.05) is 0 Å². The summed E-state index contributed by atoms with van der Waals surface area (Å²) in [5.74, 6) is 1.76. The van der Waals surface area contributed by atoms with Crippen molar-refractivity contribution in [3.8, 4) is 0 Å². The molecule has 0 aromatic heterocycles. The maximum atomic E-state index is 2.52. The van der Waals surface area contributed by atoms with E-state index in [4.69, 9.17) is 0 Å². The zero-order valence-electron chi connectivity index (χ0n) is 10.8. The Morgan fingerprint density at radius 2 is 2.00 bits per heavy atom. The first-order valence-electron chi connectivity index (χ1n) is 6.46. The van der Waals surface area contributed by atoms with Crippen LogP contribution in [0, 0.1) is 16.7 Å². The van der Waals surface area contributed by atoms with Crippen molar-refractivity contribution in [2.45, 2.75) is 66.2 Å². The van der Waals surface area contributed by atoms with Crippen LogP contribution in [-0.2, 0) is 0 Å². The highest BCUT2D eigenvalue weighted by Crippen LogP contribution is 2.60. The van der Waals surface area contributed by atoms with Crippen LogP contribution in [0.4, 0.5) is 0 Å². The van der Waals surface area contributed by atoms with E-state index >= 15 is 0 Å². The van der Waals surface area contributed by atoms with Crippen LogP contribution in [0.5, 0.6) is 0 Å². The molecule has 0 amide bonds. The van der Waals surface area contributed by atoms with Gasteiger partial charge in [0.2, 0.25) is 0 Å². The molecule has 0 radical (unpaired) electrons. The maximum absolute atomic E-state index is 2.52. The first kappa shape index (κ1) is 11.1. The molecule has 1 fully saturated rings. The van der Waals surface area contributed by atoms with E-state index in [1.54, 1.807) is 11.5 Å². The fraction of sp³-hybridized carbons (Fsp3) is 0.800. The van der Waals surface area contributed by atoms with Crippen molar-refractivity contribution in [2.24, 2.45) is 10.8 Å². The van der Waals surface area contributed by atoms with Crippen molar-refractivity contribution in [1.82, 2.24) is 0 Å². The Morgan fingerprint density at radius 1 is 1.27 bits per heavy atom. The molecule has 0 spiro atoms. The van der Waals surface area contributed by atoms with E-state index in [1.165, 1.54) is 38.5 Å². The molecule has 0 bridgehead atoms. The predicted octanol–water partition coefficient (Wildman–Crippen LogP) is 4.91. The number of hydrogen-bond donors (Lipinski definition) is 0. The molecule has 84 valence electrons. The summed E-state index contributed by atoms with van der Waals surface area (Å²) >= 11 is 0. The molecule has 0 nitrogen and oxygen atoms in total. The Bertz CT molecular complexity index is 276. The number of rotatable bonds is 1. The summed E-state index contributed by atoms with van der Waals surface area (Å²) in [6.45, 7) is 9.71. The molecule has 0 heteroatoms. The van der Waals surface area contributed by atoms with E-state index in [9.17, 15) is 0 Å². The van der Waals surface area contributed by atoms with Gasteiger partial charge in [0.05, 0.1) is 19.3 Å².